The summed E-state index contributed by atoms with van der Waals surface area (Å²) in [6, 6.07) is 4.16. The molecule has 0 aromatic carbocycles. The molecule has 136 valence electrons. The molecule has 1 aliphatic heterocycles. The van der Waals surface area contributed by atoms with Crippen LogP contribution in [0.5, 0.6) is 0 Å². The molecule has 3 heterocycles. The molecule has 4 rings (SSSR count). The molecule has 1 N–H and O–H groups in total. The summed E-state index contributed by atoms with van der Waals surface area (Å²) in [6.07, 6.45) is 2.97. The Morgan fingerprint density at radius 3 is 2.92 bits per heavy atom. The van der Waals surface area contributed by atoms with E-state index >= 15 is 0 Å². The molecule has 1 fully saturated rings. The summed E-state index contributed by atoms with van der Waals surface area (Å²) in [6.45, 7) is 4.13. The highest BCUT2D eigenvalue weighted by molar-refractivity contribution is 5.16. The van der Waals surface area contributed by atoms with E-state index < -0.39 is 6.10 Å². The summed E-state index contributed by atoms with van der Waals surface area (Å²) >= 11 is 0. The fourth-order valence-electron chi connectivity index (χ4n) is 3.48. The molecular weight excluding hydrogens is 318 g/mol. The molecule has 0 unspecified atom stereocenters. The quantitative estimate of drug-likeness (QED) is 0.860. The lowest BCUT2D eigenvalue weighted by molar-refractivity contribution is 0.133. The van der Waals surface area contributed by atoms with Crippen LogP contribution in [0, 0.1) is 0 Å². The Labute approximate surface area is 148 Å². The van der Waals surface area contributed by atoms with Crippen molar-refractivity contribution in [2.75, 3.05) is 27.2 Å². The van der Waals surface area contributed by atoms with Crippen LogP contribution >= 0.6 is 0 Å². The molecule has 7 heteroatoms. The van der Waals surface area contributed by atoms with Crippen LogP contribution in [0.15, 0.2) is 16.7 Å². The van der Waals surface area contributed by atoms with Crippen LogP contribution in [0.2, 0.25) is 0 Å². The second-order valence-electron chi connectivity index (χ2n) is 7.62. The molecular formula is C18H27N5O2. The lowest BCUT2D eigenvalue weighted by Gasteiger charge is -2.17. The van der Waals surface area contributed by atoms with E-state index in [1.807, 2.05) is 29.7 Å². The van der Waals surface area contributed by atoms with Gasteiger partial charge in [0.1, 0.15) is 11.9 Å². The van der Waals surface area contributed by atoms with E-state index in [-0.39, 0.29) is 0 Å². The van der Waals surface area contributed by atoms with Gasteiger partial charge >= 0.3 is 0 Å². The molecule has 2 aromatic heterocycles. The molecule has 25 heavy (non-hydrogen) atoms. The average Bonchev–Trinajstić information content (AvgIpc) is 3.23. The number of aryl methyl sites for hydroxylation is 1. The highest BCUT2D eigenvalue weighted by Crippen LogP contribution is 2.40. The standard InChI is InChI=1S/C18H27N5O2/c1-21(2)12-17(24)16-9-15-11-22(6-3-7-23(15)19-16)10-14-8-18(25-20-14)13-4-5-13/h8-9,13,17,24H,3-7,10-12H2,1-2H3/t17-/m1/s1. The van der Waals surface area contributed by atoms with Crippen molar-refractivity contribution in [2.45, 2.75) is 50.9 Å². The van der Waals surface area contributed by atoms with Crippen molar-refractivity contribution in [3.63, 3.8) is 0 Å². The Morgan fingerprint density at radius 2 is 2.16 bits per heavy atom. The molecule has 0 amide bonds. The topological polar surface area (TPSA) is 70.6 Å². The molecule has 0 spiro atoms. The molecule has 7 nitrogen and oxygen atoms in total. The number of aliphatic hydroxyl groups excluding tert-OH is 1. The summed E-state index contributed by atoms with van der Waals surface area (Å²) in [5, 5.41) is 19.2. The minimum atomic E-state index is -0.542. The second kappa shape index (κ2) is 6.90. The number of aliphatic hydroxyl groups is 1. The first-order valence-electron chi connectivity index (χ1n) is 9.16. The van der Waals surface area contributed by atoms with Gasteiger partial charge in [-0.2, -0.15) is 5.10 Å². The first-order valence-corrected chi connectivity index (χ1v) is 9.16. The third kappa shape index (κ3) is 3.94. The summed E-state index contributed by atoms with van der Waals surface area (Å²) in [7, 11) is 3.92. The fourth-order valence-corrected chi connectivity index (χ4v) is 3.48. The summed E-state index contributed by atoms with van der Waals surface area (Å²) in [4.78, 5) is 4.36. The van der Waals surface area contributed by atoms with Gasteiger partial charge in [-0.05, 0) is 39.4 Å². The van der Waals surface area contributed by atoms with Gasteiger partial charge < -0.3 is 14.5 Å². The zero-order chi connectivity index (χ0) is 17.4. The molecule has 2 aliphatic rings. The van der Waals surface area contributed by atoms with Crippen LogP contribution < -0.4 is 0 Å². The third-order valence-corrected chi connectivity index (χ3v) is 4.93. The fraction of sp³-hybridized carbons (Fsp3) is 0.667. The van der Waals surface area contributed by atoms with Crippen molar-refractivity contribution < 1.29 is 9.63 Å². The number of aromatic nitrogens is 3. The first-order chi connectivity index (χ1) is 12.1. The van der Waals surface area contributed by atoms with Gasteiger partial charge in [-0.15, -0.1) is 0 Å². The van der Waals surface area contributed by atoms with Gasteiger partial charge in [0.05, 0.1) is 17.1 Å². The van der Waals surface area contributed by atoms with Crippen molar-refractivity contribution in [2.24, 2.45) is 0 Å². The van der Waals surface area contributed by atoms with Gasteiger partial charge in [-0.1, -0.05) is 5.16 Å². The zero-order valence-electron chi connectivity index (χ0n) is 15.1. The van der Waals surface area contributed by atoms with Gasteiger partial charge in [0, 0.05) is 44.7 Å². The first kappa shape index (κ1) is 16.8. The molecule has 0 saturated heterocycles. The van der Waals surface area contributed by atoms with E-state index in [0.717, 1.165) is 55.4 Å². The Bertz CT molecular complexity index is 719. The minimum absolute atomic E-state index is 0.542. The Balaban J connectivity index is 1.43. The Hall–Kier alpha value is -1.70. The molecule has 1 atom stereocenters. The number of hydrogen-bond donors (Lipinski definition) is 1. The number of fused-ring (bicyclic) bond motifs is 1. The van der Waals surface area contributed by atoms with Crippen molar-refractivity contribution in [3.05, 3.63) is 35.0 Å². The predicted octanol–water partition coefficient (Wildman–Crippen LogP) is 1.75. The average molecular weight is 345 g/mol. The summed E-state index contributed by atoms with van der Waals surface area (Å²) in [5.74, 6) is 1.65. The van der Waals surface area contributed by atoms with Crippen LogP contribution in [0.3, 0.4) is 0 Å². The smallest absolute Gasteiger partial charge is 0.140 e. The SMILES string of the molecule is CN(C)C[C@@H](O)c1cc2n(n1)CCCN(Cc1cc(C3CC3)on1)C2. The number of nitrogens with zero attached hydrogens (tertiary/aromatic N) is 5. The lowest BCUT2D eigenvalue weighted by atomic mass is 10.2. The largest absolute Gasteiger partial charge is 0.385 e. The van der Waals surface area contributed by atoms with Crippen LogP contribution in [-0.4, -0.2) is 57.0 Å². The van der Waals surface area contributed by atoms with Crippen LogP contribution in [0.1, 0.15) is 54.1 Å². The lowest BCUT2D eigenvalue weighted by Crippen LogP contribution is -2.23. The van der Waals surface area contributed by atoms with Crippen LogP contribution in [0.25, 0.3) is 0 Å². The Morgan fingerprint density at radius 1 is 1.32 bits per heavy atom. The summed E-state index contributed by atoms with van der Waals surface area (Å²) < 4.78 is 7.52. The number of likely N-dealkylation sites (N-methyl/N-ethyl adjacent to an activating group) is 1. The predicted molar refractivity (Wildman–Crippen MR) is 92.9 cm³/mol. The van der Waals surface area contributed by atoms with Gasteiger partial charge in [0.25, 0.3) is 0 Å². The summed E-state index contributed by atoms with van der Waals surface area (Å²) in [5.41, 5.74) is 2.95. The molecule has 2 aromatic rings. The van der Waals surface area contributed by atoms with E-state index in [9.17, 15) is 5.11 Å². The minimum Gasteiger partial charge on any atom is -0.385 e. The monoisotopic (exact) mass is 345 g/mol. The molecule has 1 aliphatic carbocycles. The zero-order valence-corrected chi connectivity index (χ0v) is 15.1. The van der Waals surface area contributed by atoms with Crippen LogP contribution in [-0.2, 0) is 19.6 Å². The number of hydrogen-bond acceptors (Lipinski definition) is 6. The third-order valence-electron chi connectivity index (χ3n) is 4.93. The maximum absolute atomic E-state index is 10.3. The van der Waals surface area contributed by atoms with E-state index in [4.69, 9.17) is 4.52 Å². The Kier molecular flexibility index (Phi) is 4.62. The van der Waals surface area contributed by atoms with Gasteiger partial charge in [-0.25, -0.2) is 0 Å². The van der Waals surface area contributed by atoms with Crippen molar-refractivity contribution in [3.8, 4) is 0 Å². The van der Waals surface area contributed by atoms with E-state index in [0.29, 0.717) is 12.5 Å². The maximum Gasteiger partial charge on any atom is 0.140 e. The van der Waals surface area contributed by atoms with Crippen molar-refractivity contribution in [1.82, 2.24) is 24.7 Å². The molecule has 0 bridgehead atoms. The highest BCUT2D eigenvalue weighted by atomic mass is 16.5. The van der Waals surface area contributed by atoms with Crippen molar-refractivity contribution in [1.29, 1.82) is 0 Å². The highest BCUT2D eigenvalue weighted by Gasteiger charge is 2.28. The maximum atomic E-state index is 10.3. The molecule has 0 radical (unpaired) electrons. The second-order valence-corrected chi connectivity index (χ2v) is 7.62. The van der Waals surface area contributed by atoms with E-state index in [1.54, 1.807) is 0 Å². The van der Waals surface area contributed by atoms with Crippen LogP contribution in [0.4, 0.5) is 0 Å². The van der Waals surface area contributed by atoms with Gasteiger partial charge in [0.2, 0.25) is 0 Å². The molecule has 1 saturated carbocycles. The van der Waals surface area contributed by atoms with Crippen molar-refractivity contribution >= 4 is 0 Å². The van der Waals surface area contributed by atoms with E-state index in [2.05, 4.69) is 21.2 Å². The number of rotatable bonds is 6. The van der Waals surface area contributed by atoms with E-state index in [1.165, 1.54) is 12.8 Å². The normalized spacial score (nSPS) is 19.8. The van der Waals surface area contributed by atoms with Gasteiger partial charge in [0.15, 0.2) is 0 Å². The van der Waals surface area contributed by atoms with Gasteiger partial charge in [-0.3, -0.25) is 9.58 Å².